The van der Waals surface area contributed by atoms with Crippen molar-refractivity contribution in [1.29, 1.82) is 0 Å². The minimum absolute atomic E-state index is 0.136. The predicted molar refractivity (Wildman–Crippen MR) is 105 cm³/mol. The maximum atomic E-state index is 12.4. The van der Waals surface area contributed by atoms with E-state index in [9.17, 15) is 9.59 Å². The molecule has 0 saturated carbocycles. The fourth-order valence-electron chi connectivity index (χ4n) is 3.38. The molecule has 3 heterocycles. The predicted octanol–water partition coefficient (Wildman–Crippen LogP) is 2.76. The van der Waals surface area contributed by atoms with Gasteiger partial charge in [-0.05, 0) is 38.0 Å². The molecule has 0 aliphatic carbocycles. The van der Waals surface area contributed by atoms with E-state index in [1.54, 1.807) is 23.5 Å². The summed E-state index contributed by atoms with van der Waals surface area (Å²) in [4.78, 5) is 30.7. The van der Waals surface area contributed by atoms with E-state index >= 15 is 0 Å². The van der Waals surface area contributed by atoms with Crippen LogP contribution in [0, 0.1) is 6.92 Å². The molecular weight excluding hydrogens is 380 g/mol. The molecule has 146 valence electrons. The van der Waals surface area contributed by atoms with E-state index < -0.39 is 6.09 Å². The summed E-state index contributed by atoms with van der Waals surface area (Å²) < 4.78 is 0. The Kier molecular flexibility index (Phi) is 4.95. The topological polar surface area (TPSA) is 124 Å². The normalized spacial score (nSPS) is 15.1. The van der Waals surface area contributed by atoms with Crippen molar-refractivity contribution >= 4 is 40.1 Å². The Labute approximate surface area is 164 Å². The highest BCUT2D eigenvalue weighted by atomic mass is 32.1. The number of aryl methyl sites for hydroxylation is 1. The van der Waals surface area contributed by atoms with Gasteiger partial charge in [-0.15, -0.1) is 16.4 Å². The number of anilines is 1. The number of aromatic nitrogens is 4. The second-order valence-electron chi connectivity index (χ2n) is 6.87. The van der Waals surface area contributed by atoms with Crippen LogP contribution in [0.25, 0.3) is 11.0 Å². The number of thiazole rings is 1. The average molecular weight is 400 g/mol. The highest BCUT2D eigenvalue weighted by molar-refractivity contribution is 7.11. The molecule has 2 amide bonds. The van der Waals surface area contributed by atoms with Crippen LogP contribution in [0.15, 0.2) is 18.2 Å². The van der Waals surface area contributed by atoms with Crippen LogP contribution >= 0.6 is 11.3 Å². The van der Waals surface area contributed by atoms with Gasteiger partial charge < -0.3 is 15.3 Å². The smallest absolute Gasteiger partial charge is 0.407 e. The van der Waals surface area contributed by atoms with Gasteiger partial charge in [0.15, 0.2) is 0 Å². The maximum absolute atomic E-state index is 12.4. The summed E-state index contributed by atoms with van der Waals surface area (Å²) in [6, 6.07) is 5.39. The molecule has 1 aromatic carbocycles. The minimum Gasteiger partial charge on any atom is -0.465 e. The molecule has 1 aliphatic heterocycles. The van der Waals surface area contributed by atoms with Gasteiger partial charge in [0.25, 0.3) is 0 Å². The fourth-order valence-corrected chi connectivity index (χ4v) is 4.49. The summed E-state index contributed by atoms with van der Waals surface area (Å²) in [5, 5.41) is 23.4. The SMILES string of the molecule is Cc1sc(C2CCN(C(=O)O)CC2)nc1CC(=O)Nc1ccc2[nH]nnc2c1. The molecule has 28 heavy (non-hydrogen) atoms. The lowest BCUT2D eigenvalue weighted by Gasteiger charge is -2.28. The van der Waals surface area contributed by atoms with Gasteiger partial charge in [0.05, 0.1) is 22.6 Å². The number of carboxylic acid groups (broad SMARTS) is 1. The van der Waals surface area contributed by atoms with Gasteiger partial charge in [-0.3, -0.25) is 9.89 Å². The number of hydrogen-bond acceptors (Lipinski definition) is 6. The van der Waals surface area contributed by atoms with Crippen molar-refractivity contribution in [2.24, 2.45) is 0 Å². The van der Waals surface area contributed by atoms with Crippen molar-refractivity contribution < 1.29 is 14.7 Å². The quantitative estimate of drug-likeness (QED) is 0.619. The first-order valence-electron chi connectivity index (χ1n) is 9.04. The number of likely N-dealkylation sites (tertiary alicyclic amines) is 1. The van der Waals surface area contributed by atoms with E-state index in [2.05, 4.69) is 20.7 Å². The Hall–Kier alpha value is -3.01. The largest absolute Gasteiger partial charge is 0.465 e. The third-order valence-corrected chi connectivity index (χ3v) is 6.14. The summed E-state index contributed by atoms with van der Waals surface area (Å²) in [6.45, 7) is 3.02. The van der Waals surface area contributed by atoms with Gasteiger partial charge >= 0.3 is 6.09 Å². The van der Waals surface area contributed by atoms with Crippen LogP contribution in [0.2, 0.25) is 0 Å². The van der Waals surface area contributed by atoms with E-state index in [0.29, 0.717) is 24.3 Å². The number of hydrogen-bond donors (Lipinski definition) is 3. The number of benzene rings is 1. The van der Waals surface area contributed by atoms with Crippen LogP contribution in [0.3, 0.4) is 0 Å². The lowest BCUT2D eigenvalue weighted by atomic mass is 9.98. The van der Waals surface area contributed by atoms with Crippen molar-refractivity contribution in [1.82, 2.24) is 25.3 Å². The highest BCUT2D eigenvalue weighted by Gasteiger charge is 2.26. The first-order valence-corrected chi connectivity index (χ1v) is 9.86. The van der Waals surface area contributed by atoms with Crippen molar-refractivity contribution in [2.75, 3.05) is 18.4 Å². The molecule has 1 saturated heterocycles. The van der Waals surface area contributed by atoms with Crippen LogP contribution in [-0.4, -0.2) is 55.5 Å². The molecule has 0 atom stereocenters. The minimum atomic E-state index is -0.866. The third kappa shape index (κ3) is 3.81. The molecule has 9 nitrogen and oxygen atoms in total. The number of carbonyl (C=O) groups is 2. The Bertz CT molecular complexity index is 1020. The molecule has 0 bridgehead atoms. The van der Waals surface area contributed by atoms with Crippen LogP contribution in [-0.2, 0) is 11.2 Å². The molecule has 10 heteroatoms. The number of aromatic amines is 1. The van der Waals surface area contributed by atoms with Crippen LogP contribution in [0.1, 0.15) is 34.3 Å². The zero-order chi connectivity index (χ0) is 19.7. The Morgan fingerprint density at radius 1 is 1.36 bits per heavy atom. The molecule has 0 spiro atoms. The van der Waals surface area contributed by atoms with E-state index in [4.69, 9.17) is 10.1 Å². The number of H-pyrrole nitrogens is 1. The maximum Gasteiger partial charge on any atom is 0.407 e. The zero-order valence-corrected chi connectivity index (χ0v) is 16.1. The summed E-state index contributed by atoms with van der Waals surface area (Å²) in [7, 11) is 0. The summed E-state index contributed by atoms with van der Waals surface area (Å²) in [6.07, 6.45) is 0.869. The summed E-state index contributed by atoms with van der Waals surface area (Å²) in [5.41, 5.74) is 2.95. The van der Waals surface area contributed by atoms with Crippen LogP contribution < -0.4 is 5.32 Å². The number of nitrogens with one attached hydrogen (secondary N) is 2. The Balaban J connectivity index is 1.39. The molecule has 0 radical (unpaired) electrons. The number of piperidine rings is 1. The van der Waals surface area contributed by atoms with Crippen LogP contribution in [0.4, 0.5) is 10.5 Å². The van der Waals surface area contributed by atoms with Crippen molar-refractivity contribution in [3.8, 4) is 0 Å². The molecule has 1 aliphatic rings. The van der Waals surface area contributed by atoms with E-state index in [0.717, 1.165) is 33.9 Å². The number of rotatable bonds is 4. The summed E-state index contributed by atoms with van der Waals surface area (Å²) in [5.74, 6) is 0.120. The van der Waals surface area contributed by atoms with E-state index in [1.165, 1.54) is 4.90 Å². The molecule has 3 aromatic rings. The average Bonchev–Trinajstić information content (AvgIpc) is 3.28. The molecule has 4 rings (SSSR count). The van der Waals surface area contributed by atoms with Gasteiger partial charge in [-0.25, -0.2) is 9.78 Å². The van der Waals surface area contributed by atoms with Crippen LogP contribution in [0.5, 0.6) is 0 Å². The second-order valence-corrected chi connectivity index (χ2v) is 8.10. The first kappa shape index (κ1) is 18.4. The number of fused-ring (bicyclic) bond motifs is 1. The lowest BCUT2D eigenvalue weighted by molar-refractivity contribution is -0.115. The monoisotopic (exact) mass is 400 g/mol. The molecule has 3 N–H and O–H groups in total. The number of carbonyl (C=O) groups excluding carboxylic acids is 1. The van der Waals surface area contributed by atoms with Gasteiger partial charge in [-0.1, -0.05) is 5.21 Å². The van der Waals surface area contributed by atoms with Crippen molar-refractivity contribution in [2.45, 2.75) is 32.1 Å². The van der Waals surface area contributed by atoms with E-state index in [-0.39, 0.29) is 18.2 Å². The number of amides is 2. The molecule has 2 aromatic heterocycles. The van der Waals surface area contributed by atoms with Gasteiger partial charge in [0.2, 0.25) is 5.91 Å². The standard InChI is InChI=1S/C18H20N6O3S/c1-10-14(20-17(28-10)11-4-6-24(7-5-11)18(26)27)9-16(25)19-12-2-3-13-15(8-12)22-23-21-13/h2-3,8,11H,4-7,9H2,1H3,(H,19,25)(H,26,27)(H,21,22,23). The van der Waals surface area contributed by atoms with Gasteiger partial charge in [-0.2, -0.15) is 0 Å². The van der Waals surface area contributed by atoms with Gasteiger partial charge in [0.1, 0.15) is 5.52 Å². The molecule has 0 unspecified atom stereocenters. The summed E-state index contributed by atoms with van der Waals surface area (Å²) >= 11 is 1.60. The van der Waals surface area contributed by atoms with E-state index in [1.807, 2.05) is 13.0 Å². The number of nitrogens with zero attached hydrogens (tertiary/aromatic N) is 4. The van der Waals surface area contributed by atoms with Gasteiger partial charge in [0, 0.05) is 29.6 Å². The highest BCUT2D eigenvalue weighted by Crippen LogP contribution is 2.32. The van der Waals surface area contributed by atoms with Crippen molar-refractivity contribution in [3.63, 3.8) is 0 Å². The first-order chi connectivity index (χ1) is 13.5. The molecule has 1 fully saturated rings. The molecular formula is C18H20N6O3S. The Morgan fingerprint density at radius 2 is 2.14 bits per heavy atom. The zero-order valence-electron chi connectivity index (χ0n) is 15.3. The Morgan fingerprint density at radius 3 is 2.89 bits per heavy atom. The second kappa shape index (κ2) is 7.55. The van der Waals surface area contributed by atoms with Crippen molar-refractivity contribution in [3.05, 3.63) is 33.8 Å². The third-order valence-electron chi connectivity index (χ3n) is 4.96. The fraction of sp³-hybridized carbons (Fsp3) is 0.389. The lowest BCUT2D eigenvalue weighted by Crippen LogP contribution is -2.36.